The Morgan fingerprint density at radius 1 is 1.14 bits per heavy atom. The number of sulfonamides is 1. The van der Waals surface area contributed by atoms with Crippen molar-refractivity contribution >= 4 is 33.2 Å². The van der Waals surface area contributed by atoms with E-state index in [1.54, 1.807) is 42.5 Å². The van der Waals surface area contributed by atoms with Gasteiger partial charge in [-0.2, -0.15) is 4.31 Å². The van der Waals surface area contributed by atoms with E-state index in [1.807, 2.05) is 0 Å². The number of halogens is 1. The molecule has 1 amide bonds. The lowest BCUT2D eigenvalue weighted by Crippen LogP contribution is -2.27. The molecule has 0 aliphatic carbocycles. The molecule has 0 saturated carbocycles. The van der Waals surface area contributed by atoms with Crippen molar-refractivity contribution in [3.8, 4) is 5.75 Å². The molecule has 0 bridgehead atoms. The van der Waals surface area contributed by atoms with E-state index in [-0.39, 0.29) is 12.3 Å². The van der Waals surface area contributed by atoms with Crippen LogP contribution in [-0.2, 0) is 21.2 Å². The highest BCUT2D eigenvalue weighted by molar-refractivity contribution is 7.89. The first-order chi connectivity index (χ1) is 13.4. The molecule has 0 aromatic heterocycles. The Hall–Kier alpha value is -2.09. The number of methoxy groups -OCH3 is 1. The molecule has 1 aliphatic heterocycles. The summed E-state index contributed by atoms with van der Waals surface area (Å²) in [7, 11) is -1.88. The number of anilines is 1. The highest BCUT2D eigenvalue weighted by Crippen LogP contribution is 2.27. The van der Waals surface area contributed by atoms with Gasteiger partial charge in [0.15, 0.2) is 0 Å². The molecule has 8 heteroatoms. The molecule has 0 radical (unpaired) electrons. The van der Waals surface area contributed by atoms with Crippen molar-refractivity contribution in [2.45, 2.75) is 30.6 Å². The minimum absolute atomic E-state index is 0.144. The number of hydrogen-bond acceptors (Lipinski definition) is 4. The maximum atomic E-state index is 12.5. The molecule has 28 heavy (non-hydrogen) atoms. The quantitative estimate of drug-likeness (QED) is 0.738. The predicted molar refractivity (Wildman–Crippen MR) is 109 cm³/mol. The molecule has 3 rings (SSSR count). The Kier molecular flexibility index (Phi) is 6.59. The highest BCUT2D eigenvalue weighted by atomic mass is 35.5. The van der Waals surface area contributed by atoms with E-state index < -0.39 is 10.0 Å². The zero-order valence-electron chi connectivity index (χ0n) is 15.7. The number of aryl methyl sites for hydroxylation is 1. The van der Waals surface area contributed by atoms with Gasteiger partial charge in [-0.1, -0.05) is 23.7 Å². The number of carbonyl (C=O) groups excluding carboxylic acids is 1. The summed E-state index contributed by atoms with van der Waals surface area (Å²) in [5.41, 5.74) is 1.51. The number of ether oxygens (including phenoxy) is 1. The van der Waals surface area contributed by atoms with Crippen LogP contribution in [0.15, 0.2) is 47.4 Å². The standard InChI is InChI=1S/C20H23ClN2O4S/c1-27-19-10-7-16(14-18(19)21)22-20(24)11-6-15-4-8-17(9-5-15)28(25,26)23-12-2-3-13-23/h4-5,7-10,14H,2-3,6,11-13H2,1H3,(H,22,24). The molecule has 0 spiro atoms. The molecule has 2 aromatic rings. The van der Waals surface area contributed by atoms with Crippen LogP contribution in [0.5, 0.6) is 5.75 Å². The fraction of sp³-hybridized carbons (Fsp3) is 0.350. The number of hydrogen-bond donors (Lipinski definition) is 1. The lowest BCUT2D eigenvalue weighted by molar-refractivity contribution is -0.116. The summed E-state index contributed by atoms with van der Waals surface area (Å²) >= 11 is 6.06. The number of nitrogens with zero attached hydrogens (tertiary/aromatic N) is 1. The monoisotopic (exact) mass is 422 g/mol. The predicted octanol–water partition coefficient (Wildman–Crippen LogP) is 3.70. The van der Waals surface area contributed by atoms with Gasteiger partial charge in [0.25, 0.3) is 0 Å². The number of benzene rings is 2. The Balaban J connectivity index is 1.56. The van der Waals surface area contributed by atoms with Crippen molar-refractivity contribution in [1.82, 2.24) is 4.31 Å². The van der Waals surface area contributed by atoms with E-state index in [0.29, 0.717) is 40.9 Å². The smallest absolute Gasteiger partial charge is 0.243 e. The average molecular weight is 423 g/mol. The fourth-order valence-electron chi connectivity index (χ4n) is 3.13. The highest BCUT2D eigenvalue weighted by Gasteiger charge is 2.26. The normalized spacial score (nSPS) is 14.8. The van der Waals surface area contributed by atoms with Crippen LogP contribution >= 0.6 is 11.6 Å². The third kappa shape index (κ3) is 4.84. The molecule has 6 nitrogen and oxygen atoms in total. The summed E-state index contributed by atoms with van der Waals surface area (Å²) in [6, 6.07) is 11.8. The molecule has 1 saturated heterocycles. The second kappa shape index (κ2) is 8.94. The van der Waals surface area contributed by atoms with Gasteiger partial charge in [0.2, 0.25) is 15.9 Å². The molecule has 150 valence electrons. The summed E-state index contributed by atoms with van der Waals surface area (Å²) in [5, 5.41) is 3.22. The van der Waals surface area contributed by atoms with Crippen molar-refractivity contribution in [2.24, 2.45) is 0 Å². The van der Waals surface area contributed by atoms with Gasteiger partial charge in [-0.15, -0.1) is 0 Å². The van der Waals surface area contributed by atoms with Crippen LogP contribution < -0.4 is 10.1 Å². The number of carbonyl (C=O) groups is 1. The minimum atomic E-state index is -3.41. The molecule has 0 unspecified atom stereocenters. The van der Waals surface area contributed by atoms with Gasteiger partial charge in [0, 0.05) is 25.2 Å². The van der Waals surface area contributed by atoms with Gasteiger partial charge in [0.1, 0.15) is 5.75 Å². The number of rotatable bonds is 7. The third-order valence-corrected chi connectivity index (χ3v) is 6.91. The van der Waals surface area contributed by atoms with E-state index >= 15 is 0 Å². The van der Waals surface area contributed by atoms with E-state index in [2.05, 4.69) is 5.32 Å². The van der Waals surface area contributed by atoms with Crippen molar-refractivity contribution in [3.63, 3.8) is 0 Å². The first kappa shape index (κ1) is 20.6. The molecule has 1 N–H and O–H groups in total. The first-order valence-electron chi connectivity index (χ1n) is 9.12. The second-order valence-electron chi connectivity index (χ2n) is 6.65. The first-order valence-corrected chi connectivity index (χ1v) is 10.9. The van der Waals surface area contributed by atoms with Crippen LogP contribution in [0.25, 0.3) is 0 Å². The lowest BCUT2D eigenvalue weighted by atomic mass is 10.1. The molecule has 0 atom stereocenters. The second-order valence-corrected chi connectivity index (χ2v) is 9.00. The van der Waals surface area contributed by atoms with Crippen LogP contribution in [0, 0.1) is 0 Å². The largest absolute Gasteiger partial charge is 0.495 e. The van der Waals surface area contributed by atoms with Crippen molar-refractivity contribution in [2.75, 3.05) is 25.5 Å². The van der Waals surface area contributed by atoms with Crippen LogP contribution in [0.3, 0.4) is 0 Å². The van der Waals surface area contributed by atoms with Crippen molar-refractivity contribution in [3.05, 3.63) is 53.1 Å². The van der Waals surface area contributed by atoms with Gasteiger partial charge in [-0.25, -0.2) is 8.42 Å². The summed E-state index contributed by atoms with van der Waals surface area (Å²) in [4.78, 5) is 12.5. The summed E-state index contributed by atoms with van der Waals surface area (Å²) in [5.74, 6) is 0.402. The molecular weight excluding hydrogens is 400 g/mol. The Morgan fingerprint density at radius 3 is 2.43 bits per heavy atom. The van der Waals surface area contributed by atoms with Crippen LogP contribution in [0.4, 0.5) is 5.69 Å². The third-order valence-electron chi connectivity index (χ3n) is 4.70. The van der Waals surface area contributed by atoms with Crippen LogP contribution in [0.1, 0.15) is 24.8 Å². The van der Waals surface area contributed by atoms with E-state index in [9.17, 15) is 13.2 Å². The maximum absolute atomic E-state index is 12.5. The van der Waals surface area contributed by atoms with E-state index in [1.165, 1.54) is 11.4 Å². The number of nitrogens with one attached hydrogen (secondary N) is 1. The van der Waals surface area contributed by atoms with Gasteiger partial charge in [-0.05, 0) is 55.2 Å². The maximum Gasteiger partial charge on any atom is 0.243 e. The summed E-state index contributed by atoms with van der Waals surface area (Å²) < 4.78 is 31.7. The van der Waals surface area contributed by atoms with Crippen molar-refractivity contribution in [1.29, 1.82) is 0 Å². The summed E-state index contributed by atoms with van der Waals surface area (Å²) in [6.45, 7) is 1.17. The average Bonchev–Trinajstić information content (AvgIpc) is 3.23. The Bertz CT molecular complexity index is 939. The fourth-order valence-corrected chi connectivity index (χ4v) is 4.91. The molecule has 1 fully saturated rings. The van der Waals surface area contributed by atoms with Crippen molar-refractivity contribution < 1.29 is 17.9 Å². The summed E-state index contributed by atoms with van der Waals surface area (Å²) in [6.07, 6.45) is 2.61. The zero-order chi connectivity index (χ0) is 20.1. The number of amides is 1. The topological polar surface area (TPSA) is 75.7 Å². The zero-order valence-corrected chi connectivity index (χ0v) is 17.2. The van der Waals surface area contributed by atoms with Gasteiger partial charge in [0.05, 0.1) is 17.0 Å². The van der Waals surface area contributed by atoms with Gasteiger partial charge in [-0.3, -0.25) is 4.79 Å². The molecule has 1 aliphatic rings. The van der Waals surface area contributed by atoms with Gasteiger partial charge >= 0.3 is 0 Å². The van der Waals surface area contributed by atoms with Gasteiger partial charge < -0.3 is 10.1 Å². The SMILES string of the molecule is COc1ccc(NC(=O)CCc2ccc(S(=O)(=O)N3CCCC3)cc2)cc1Cl. The Morgan fingerprint density at radius 2 is 1.82 bits per heavy atom. The minimum Gasteiger partial charge on any atom is -0.495 e. The molecular formula is C20H23ClN2O4S. The molecule has 2 aromatic carbocycles. The Labute approximate surface area is 170 Å². The van der Waals surface area contributed by atoms with E-state index in [0.717, 1.165) is 18.4 Å². The van der Waals surface area contributed by atoms with Crippen LogP contribution in [-0.4, -0.2) is 38.8 Å². The van der Waals surface area contributed by atoms with E-state index in [4.69, 9.17) is 16.3 Å². The molecule has 1 heterocycles. The van der Waals surface area contributed by atoms with Crippen LogP contribution in [0.2, 0.25) is 5.02 Å². The lowest BCUT2D eigenvalue weighted by Gasteiger charge is -2.15.